The number of nitrogens with one attached hydrogen (secondary N) is 2. The lowest BCUT2D eigenvalue weighted by atomic mass is 10.3. The van der Waals surface area contributed by atoms with Crippen LogP contribution >= 0.6 is 0 Å². The number of carbonyl (C=O) groups is 1. The molecule has 0 fully saturated rings. The summed E-state index contributed by atoms with van der Waals surface area (Å²) in [5.41, 5.74) is 0.668. The minimum absolute atomic E-state index is 0.180. The summed E-state index contributed by atoms with van der Waals surface area (Å²) in [7, 11) is 1.86. The minimum atomic E-state index is 0.180. The Bertz CT molecular complexity index is 362. The Kier molecular flexibility index (Phi) is 7.24. The topological polar surface area (TPSA) is 82.5 Å². The molecule has 0 saturated heterocycles. The summed E-state index contributed by atoms with van der Waals surface area (Å²) in [5.74, 6) is 0.791. The molecule has 0 aliphatic carbocycles. The molecular weight excluding hydrogens is 248 g/mol. The molecule has 0 bridgehead atoms. The van der Waals surface area contributed by atoms with E-state index in [1.54, 1.807) is 0 Å². The van der Waals surface area contributed by atoms with Crippen LogP contribution < -0.4 is 10.2 Å². The second-order valence-corrected chi connectivity index (χ2v) is 4.37. The Labute approximate surface area is 113 Å². The summed E-state index contributed by atoms with van der Waals surface area (Å²) < 4.78 is 7.24. The van der Waals surface area contributed by atoms with Gasteiger partial charge in [-0.3, -0.25) is 19.9 Å². The lowest BCUT2D eigenvalue weighted by molar-refractivity contribution is 0.109. The van der Waals surface area contributed by atoms with Crippen molar-refractivity contribution in [2.45, 2.75) is 26.3 Å². The number of aldehydes is 1. The van der Waals surface area contributed by atoms with Crippen molar-refractivity contribution >= 4 is 12.1 Å². The van der Waals surface area contributed by atoms with Crippen molar-refractivity contribution in [1.82, 2.24) is 15.1 Å². The standard InChI is InChI=1S/C12H24N4O3/c1-3-6-16-11(8-18)12(14-16)15(2)10-19-9-13-5-4-7-17/h8,13-14,17H,3-7,9-10H2,1-2H3. The number of H-pyrrole nitrogens is 1. The molecule has 0 unspecified atom stereocenters. The van der Waals surface area contributed by atoms with Crippen LogP contribution in [0.1, 0.15) is 30.3 Å². The normalized spacial score (nSPS) is 10.9. The van der Waals surface area contributed by atoms with Crippen molar-refractivity contribution in [2.75, 3.05) is 38.6 Å². The number of carbonyl (C=O) groups excluding carboxylic acids is 1. The van der Waals surface area contributed by atoms with Crippen molar-refractivity contribution in [3.8, 4) is 0 Å². The van der Waals surface area contributed by atoms with Crippen LogP contribution in [-0.2, 0) is 11.3 Å². The van der Waals surface area contributed by atoms with Crippen molar-refractivity contribution in [3.05, 3.63) is 5.69 Å². The molecule has 0 aromatic carbocycles. The highest BCUT2D eigenvalue weighted by Crippen LogP contribution is 2.18. The third kappa shape index (κ3) is 4.70. The second-order valence-electron chi connectivity index (χ2n) is 4.37. The molecule has 1 aromatic rings. The molecule has 19 heavy (non-hydrogen) atoms. The van der Waals surface area contributed by atoms with Crippen molar-refractivity contribution in [2.24, 2.45) is 0 Å². The molecule has 0 aliphatic heterocycles. The zero-order valence-electron chi connectivity index (χ0n) is 11.7. The molecule has 1 aromatic heterocycles. The van der Waals surface area contributed by atoms with Gasteiger partial charge in [-0.05, 0) is 19.4 Å². The number of rotatable bonds is 11. The SMILES string of the molecule is CCCn1[nH]c(N(C)COCNCCCO)c1C=O. The van der Waals surface area contributed by atoms with Crippen molar-refractivity contribution < 1.29 is 14.6 Å². The number of ether oxygens (including phenoxy) is 1. The van der Waals surface area contributed by atoms with Gasteiger partial charge in [0.05, 0.1) is 6.73 Å². The second kappa shape index (κ2) is 8.73. The van der Waals surface area contributed by atoms with Crippen molar-refractivity contribution in [3.63, 3.8) is 0 Å². The number of aryl methyl sites for hydroxylation is 1. The summed E-state index contributed by atoms with van der Waals surface area (Å²) >= 11 is 0. The van der Waals surface area contributed by atoms with Gasteiger partial charge in [-0.25, -0.2) is 0 Å². The fraction of sp³-hybridized carbons (Fsp3) is 0.750. The van der Waals surface area contributed by atoms with Crippen LogP contribution in [0.3, 0.4) is 0 Å². The first-order chi connectivity index (χ1) is 9.24. The van der Waals surface area contributed by atoms with E-state index >= 15 is 0 Å². The molecule has 7 nitrogen and oxygen atoms in total. The zero-order valence-corrected chi connectivity index (χ0v) is 11.7. The number of hydrogen-bond acceptors (Lipinski definition) is 5. The Hall–Kier alpha value is -1.31. The average Bonchev–Trinajstić information content (AvgIpc) is 2.38. The van der Waals surface area contributed by atoms with Gasteiger partial charge in [-0.1, -0.05) is 6.92 Å². The van der Waals surface area contributed by atoms with E-state index in [0.717, 1.165) is 31.6 Å². The summed E-state index contributed by atoms with van der Waals surface area (Å²) in [5, 5.41) is 14.8. The van der Waals surface area contributed by atoms with E-state index in [-0.39, 0.29) is 6.61 Å². The predicted octanol–water partition coefficient (Wildman–Crippen LogP) is 0.379. The van der Waals surface area contributed by atoms with Gasteiger partial charge < -0.3 is 14.7 Å². The molecule has 0 atom stereocenters. The first-order valence-corrected chi connectivity index (χ1v) is 6.58. The number of hydrogen-bond donors (Lipinski definition) is 3. The highest BCUT2D eigenvalue weighted by molar-refractivity contribution is 5.81. The molecule has 0 saturated carbocycles. The first-order valence-electron chi connectivity index (χ1n) is 6.58. The Morgan fingerprint density at radius 3 is 3.00 bits per heavy atom. The molecular formula is C12H24N4O3. The quantitative estimate of drug-likeness (QED) is 0.308. The molecule has 0 radical (unpaired) electrons. The lowest BCUT2D eigenvalue weighted by Gasteiger charge is -2.27. The Balaban J connectivity index is 2.27. The fourth-order valence-electron chi connectivity index (χ4n) is 1.72. The Morgan fingerprint density at radius 2 is 2.37 bits per heavy atom. The van der Waals surface area contributed by atoms with Crippen LogP contribution in [0.5, 0.6) is 0 Å². The van der Waals surface area contributed by atoms with Gasteiger partial charge in [-0.15, -0.1) is 0 Å². The molecule has 0 spiro atoms. The van der Waals surface area contributed by atoms with Crippen LogP contribution in [0.4, 0.5) is 5.82 Å². The molecule has 7 heteroatoms. The van der Waals surface area contributed by atoms with E-state index in [4.69, 9.17) is 9.84 Å². The number of aromatic nitrogens is 2. The summed E-state index contributed by atoms with van der Waals surface area (Å²) in [4.78, 5) is 12.8. The lowest BCUT2D eigenvalue weighted by Crippen LogP contribution is -2.32. The van der Waals surface area contributed by atoms with Crippen molar-refractivity contribution in [1.29, 1.82) is 0 Å². The number of nitrogens with zero attached hydrogens (tertiary/aromatic N) is 2. The van der Waals surface area contributed by atoms with Gasteiger partial charge in [0.15, 0.2) is 12.1 Å². The third-order valence-electron chi connectivity index (χ3n) is 2.72. The molecule has 110 valence electrons. The fourth-order valence-corrected chi connectivity index (χ4v) is 1.72. The summed E-state index contributed by atoms with van der Waals surface area (Å²) in [6.07, 6.45) is 2.55. The summed E-state index contributed by atoms with van der Waals surface area (Å²) in [6, 6.07) is 0. The van der Waals surface area contributed by atoms with Crippen LogP contribution in [0, 0.1) is 0 Å². The highest BCUT2D eigenvalue weighted by Gasteiger charge is 2.16. The van der Waals surface area contributed by atoms with Crippen LogP contribution in [0.2, 0.25) is 0 Å². The maximum atomic E-state index is 11.0. The smallest absolute Gasteiger partial charge is 0.171 e. The molecule has 1 rings (SSSR count). The maximum absolute atomic E-state index is 11.0. The van der Waals surface area contributed by atoms with E-state index in [1.165, 1.54) is 0 Å². The van der Waals surface area contributed by atoms with Gasteiger partial charge in [0.25, 0.3) is 0 Å². The first kappa shape index (κ1) is 15.7. The van der Waals surface area contributed by atoms with Crippen LogP contribution in [0.15, 0.2) is 0 Å². The number of aromatic amines is 1. The van der Waals surface area contributed by atoms with E-state index in [9.17, 15) is 4.79 Å². The van der Waals surface area contributed by atoms with E-state index in [1.807, 2.05) is 16.6 Å². The van der Waals surface area contributed by atoms with Gasteiger partial charge >= 0.3 is 0 Å². The van der Waals surface area contributed by atoms with Gasteiger partial charge in [0, 0.05) is 20.2 Å². The maximum Gasteiger partial charge on any atom is 0.171 e. The molecule has 0 aliphatic rings. The largest absolute Gasteiger partial charge is 0.396 e. The van der Waals surface area contributed by atoms with Gasteiger partial charge in [-0.2, -0.15) is 0 Å². The third-order valence-corrected chi connectivity index (χ3v) is 2.72. The van der Waals surface area contributed by atoms with Crippen LogP contribution in [-0.4, -0.2) is 54.8 Å². The van der Waals surface area contributed by atoms with Gasteiger partial charge in [0.2, 0.25) is 0 Å². The predicted molar refractivity (Wildman–Crippen MR) is 73.4 cm³/mol. The number of aliphatic hydroxyl groups is 1. The highest BCUT2D eigenvalue weighted by atomic mass is 16.5. The van der Waals surface area contributed by atoms with Crippen LogP contribution in [0.25, 0.3) is 0 Å². The van der Waals surface area contributed by atoms with E-state index < -0.39 is 0 Å². The number of anilines is 1. The van der Waals surface area contributed by atoms with E-state index in [2.05, 4.69) is 17.3 Å². The summed E-state index contributed by atoms with van der Waals surface area (Å²) in [6.45, 7) is 4.60. The zero-order chi connectivity index (χ0) is 14.1. The molecule has 1 heterocycles. The Morgan fingerprint density at radius 1 is 1.58 bits per heavy atom. The number of aliphatic hydroxyl groups excluding tert-OH is 1. The monoisotopic (exact) mass is 272 g/mol. The minimum Gasteiger partial charge on any atom is -0.396 e. The molecule has 3 N–H and O–H groups in total. The van der Waals surface area contributed by atoms with E-state index in [0.29, 0.717) is 25.6 Å². The average molecular weight is 272 g/mol. The molecule has 0 amide bonds. The van der Waals surface area contributed by atoms with Gasteiger partial charge in [0.1, 0.15) is 12.4 Å².